The number of rotatable bonds is 9. The number of hydrazone groups is 1. The summed E-state index contributed by atoms with van der Waals surface area (Å²) in [5.74, 6) is -0.192. The summed E-state index contributed by atoms with van der Waals surface area (Å²) in [5.41, 5.74) is 4.76. The van der Waals surface area contributed by atoms with Crippen LogP contribution in [0.3, 0.4) is 0 Å². The molecule has 0 atom stereocenters. The van der Waals surface area contributed by atoms with E-state index in [4.69, 9.17) is 19.2 Å². The van der Waals surface area contributed by atoms with E-state index in [1.807, 2.05) is 30.3 Å². The van der Waals surface area contributed by atoms with Crippen LogP contribution in [0.15, 0.2) is 57.5 Å². The Bertz CT molecular complexity index is 1670. The van der Waals surface area contributed by atoms with Crippen LogP contribution in [0, 0.1) is 0 Å². The first-order valence-electron chi connectivity index (χ1n) is 12.9. The summed E-state index contributed by atoms with van der Waals surface area (Å²) in [6.07, 6.45) is 5.46. The van der Waals surface area contributed by atoms with Crippen molar-refractivity contribution in [3.05, 3.63) is 68.8 Å². The molecule has 5 rings (SSSR count). The summed E-state index contributed by atoms with van der Waals surface area (Å²) >= 11 is 2.75. The second-order valence-electron chi connectivity index (χ2n) is 9.19. The Morgan fingerprint density at radius 1 is 1.12 bits per heavy atom. The van der Waals surface area contributed by atoms with Crippen LogP contribution in [0.4, 0.5) is 0 Å². The third kappa shape index (κ3) is 6.13. The van der Waals surface area contributed by atoms with Gasteiger partial charge in [0.1, 0.15) is 4.83 Å². The van der Waals surface area contributed by atoms with Crippen LogP contribution in [0.25, 0.3) is 15.9 Å². The molecule has 2 aromatic heterocycles. The molecule has 0 unspecified atom stereocenters. The molecule has 2 heterocycles. The molecule has 0 saturated carbocycles. The van der Waals surface area contributed by atoms with Gasteiger partial charge in [-0.2, -0.15) is 5.10 Å². The van der Waals surface area contributed by atoms with Gasteiger partial charge in [-0.1, -0.05) is 30.0 Å². The number of thiophene rings is 1. The maximum absolute atomic E-state index is 13.8. The molecule has 12 heteroatoms. The number of thioether (sulfide) groups is 1. The normalized spacial score (nSPS) is 12.8. The Morgan fingerprint density at radius 2 is 1.83 bits per heavy atom. The van der Waals surface area contributed by atoms with E-state index in [0.29, 0.717) is 21.8 Å². The fraction of sp³-hybridized carbons (Fsp3) is 0.276. The van der Waals surface area contributed by atoms with E-state index in [-0.39, 0.29) is 34.5 Å². The van der Waals surface area contributed by atoms with Crippen molar-refractivity contribution in [1.82, 2.24) is 15.0 Å². The number of aryl methyl sites for hydroxylation is 2. The molecule has 41 heavy (non-hydrogen) atoms. The topological polar surface area (TPSA) is 121 Å². The second-order valence-corrected chi connectivity index (χ2v) is 11.2. The number of carbonyl (C=O) groups excluding carboxylic acids is 2. The van der Waals surface area contributed by atoms with Gasteiger partial charge >= 0.3 is 5.97 Å². The quantitative estimate of drug-likeness (QED) is 0.0753. The lowest BCUT2D eigenvalue weighted by Crippen LogP contribution is -2.24. The van der Waals surface area contributed by atoms with E-state index in [1.165, 1.54) is 44.0 Å². The zero-order valence-electron chi connectivity index (χ0n) is 22.8. The lowest BCUT2D eigenvalue weighted by atomic mass is 9.97. The van der Waals surface area contributed by atoms with Crippen LogP contribution >= 0.6 is 23.1 Å². The van der Waals surface area contributed by atoms with Gasteiger partial charge in [0.15, 0.2) is 16.7 Å². The van der Waals surface area contributed by atoms with Gasteiger partial charge in [-0.3, -0.25) is 19.0 Å². The second kappa shape index (κ2) is 12.6. The highest BCUT2D eigenvalue weighted by Crippen LogP contribution is 2.38. The Labute approximate surface area is 244 Å². The molecule has 0 bridgehead atoms. The van der Waals surface area contributed by atoms with Crippen LogP contribution in [-0.4, -0.2) is 47.6 Å². The highest BCUT2D eigenvalue weighted by Gasteiger charge is 2.23. The zero-order valence-corrected chi connectivity index (χ0v) is 24.4. The molecule has 1 N–H and O–H groups in total. The van der Waals surface area contributed by atoms with Gasteiger partial charge in [0.2, 0.25) is 5.75 Å². The van der Waals surface area contributed by atoms with Gasteiger partial charge in [0, 0.05) is 17.4 Å². The van der Waals surface area contributed by atoms with Crippen molar-refractivity contribution < 1.29 is 23.8 Å². The van der Waals surface area contributed by atoms with Crippen molar-refractivity contribution in [2.24, 2.45) is 5.10 Å². The number of methoxy groups -OCH3 is 2. The lowest BCUT2D eigenvalue weighted by Gasteiger charge is -2.13. The Kier molecular flexibility index (Phi) is 8.70. The molecule has 0 aliphatic heterocycles. The average Bonchev–Trinajstić information content (AvgIpc) is 3.35. The summed E-state index contributed by atoms with van der Waals surface area (Å²) in [6.45, 7) is 1.28. The molecular formula is C29H28N4O6S2. The standard InChI is InChI=1S/C29H28N4O6S2/c1-17(34)39-26-21(37-2)13-18(14-22(26)38-3)15-30-32-24(35)16-40-29-31-27-25(20-11-7-8-12-23(20)41-27)28(36)33(29)19-9-5-4-6-10-19/h4-6,9-10,13-15H,7-8,11-12,16H2,1-3H3,(H,32,35)/b30-15+. The lowest BCUT2D eigenvalue weighted by molar-refractivity contribution is -0.132. The molecule has 4 aromatic rings. The number of hydrogen-bond donors (Lipinski definition) is 1. The number of esters is 1. The van der Waals surface area contributed by atoms with Crippen LogP contribution in [0.1, 0.15) is 35.8 Å². The number of nitrogens with zero attached hydrogens (tertiary/aromatic N) is 3. The van der Waals surface area contributed by atoms with Gasteiger partial charge in [0.25, 0.3) is 11.5 Å². The summed E-state index contributed by atoms with van der Waals surface area (Å²) < 4.78 is 17.4. The maximum Gasteiger partial charge on any atom is 0.308 e. The van der Waals surface area contributed by atoms with E-state index in [0.717, 1.165) is 36.1 Å². The van der Waals surface area contributed by atoms with Gasteiger partial charge < -0.3 is 14.2 Å². The SMILES string of the molecule is COc1cc(/C=N/NC(=O)CSc2nc3sc4c(c3c(=O)n2-c2ccccc2)CCCC4)cc(OC)c1OC(C)=O. The molecular weight excluding hydrogens is 564 g/mol. The summed E-state index contributed by atoms with van der Waals surface area (Å²) in [4.78, 5) is 44.8. The van der Waals surface area contributed by atoms with Crippen molar-refractivity contribution in [3.63, 3.8) is 0 Å². The van der Waals surface area contributed by atoms with Crippen molar-refractivity contribution in [2.45, 2.75) is 37.8 Å². The predicted octanol–water partition coefficient (Wildman–Crippen LogP) is 4.51. The molecule has 212 valence electrons. The van der Waals surface area contributed by atoms with Crippen LogP contribution in [-0.2, 0) is 22.4 Å². The minimum Gasteiger partial charge on any atom is -0.493 e. The molecule has 0 saturated heterocycles. The highest BCUT2D eigenvalue weighted by atomic mass is 32.2. The number of benzene rings is 2. The number of aromatic nitrogens is 2. The third-order valence-electron chi connectivity index (χ3n) is 6.44. The Hall–Kier alpha value is -4.16. The van der Waals surface area contributed by atoms with Crippen LogP contribution < -0.4 is 25.2 Å². The number of hydrogen-bond acceptors (Lipinski definition) is 10. The fourth-order valence-corrected chi connectivity index (χ4v) is 6.76. The number of para-hydroxylation sites is 1. The minimum atomic E-state index is -0.516. The van der Waals surface area contributed by atoms with Crippen LogP contribution in [0.5, 0.6) is 17.2 Å². The first-order chi connectivity index (χ1) is 19.9. The number of amides is 1. The van der Waals surface area contributed by atoms with Gasteiger partial charge in [0.05, 0.1) is 37.3 Å². The number of ether oxygens (including phenoxy) is 3. The smallest absolute Gasteiger partial charge is 0.308 e. The summed E-state index contributed by atoms with van der Waals surface area (Å²) in [6, 6.07) is 12.5. The molecule has 0 radical (unpaired) electrons. The highest BCUT2D eigenvalue weighted by molar-refractivity contribution is 7.99. The van der Waals surface area contributed by atoms with Gasteiger partial charge in [-0.15, -0.1) is 11.3 Å². The molecule has 1 aliphatic rings. The van der Waals surface area contributed by atoms with E-state index in [2.05, 4.69) is 10.5 Å². The van der Waals surface area contributed by atoms with Crippen molar-refractivity contribution >= 4 is 51.4 Å². The Balaban J connectivity index is 1.35. The molecule has 1 aliphatic carbocycles. The fourth-order valence-electron chi connectivity index (χ4n) is 4.65. The van der Waals surface area contributed by atoms with E-state index in [1.54, 1.807) is 28.0 Å². The molecule has 1 amide bonds. The van der Waals surface area contributed by atoms with E-state index < -0.39 is 5.97 Å². The van der Waals surface area contributed by atoms with Crippen molar-refractivity contribution in [2.75, 3.05) is 20.0 Å². The third-order valence-corrected chi connectivity index (χ3v) is 8.56. The summed E-state index contributed by atoms with van der Waals surface area (Å²) in [7, 11) is 2.88. The van der Waals surface area contributed by atoms with Gasteiger partial charge in [-0.25, -0.2) is 10.4 Å². The molecule has 2 aromatic carbocycles. The first kappa shape index (κ1) is 28.4. The minimum absolute atomic E-state index is 0.00869. The number of carbonyl (C=O) groups is 2. The van der Waals surface area contributed by atoms with Crippen LogP contribution in [0.2, 0.25) is 0 Å². The predicted molar refractivity (Wildman–Crippen MR) is 159 cm³/mol. The zero-order chi connectivity index (χ0) is 28.9. The number of fused-ring (bicyclic) bond motifs is 3. The van der Waals surface area contributed by atoms with E-state index >= 15 is 0 Å². The first-order valence-corrected chi connectivity index (χ1v) is 14.7. The molecule has 10 nitrogen and oxygen atoms in total. The maximum atomic E-state index is 13.8. The summed E-state index contributed by atoms with van der Waals surface area (Å²) in [5, 5.41) is 5.18. The van der Waals surface area contributed by atoms with Crippen molar-refractivity contribution in [3.8, 4) is 22.9 Å². The average molecular weight is 593 g/mol. The largest absolute Gasteiger partial charge is 0.493 e. The van der Waals surface area contributed by atoms with Gasteiger partial charge in [-0.05, 0) is 55.5 Å². The Morgan fingerprint density at radius 3 is 2.51 bits per heavy atom. The van der Waals surface area contributed by atoms with E-state index in [9.17, 15) is 14.4 Å². The molecule has 0 fully saturated rings. The monoisotopic (exact) mass is 592 g/mol. The van der Waals surface area contributed by atoms with Crippen molar-refractivity contribution in [1.29, 1.82) is 0 Å². The molecule has 0 spiro atoms. The number of nitrogens with one attached hydrogen (secondary N) is 1.